The van der Waals surface area contributed by atoms with Crippen LogP contribution >= 0.6 is 0 Å². The second kappa shape index (κ2) is 20.9. The third-order valence-electron chi connectivity index (χ3n) is 2.29. The monoisotopic (exact) mass is 427 g/mol. The molecule has 3 rings (SSSR count). The maximum Gasteiger partial charge on any atom is 0.0411 e. The van der Waals surface area contributed by atoms with Gasteiger partial charge in [0.15, 0.2) is 0 Å². The van der Waals surface area contributed by atoms with Crippen LogP contribution in [0.25, 0.3) is 0 Å². The Kier molecular flexibility index (Phi) is 21.1. The zero-order valence-electron chi connectivity index (χ0n) is 13.9. The van der Waals surface area contributed by atoms with Crippen LogP contribution in [0.4, 0.5) is 0 Å². The van der Waals surface area contributed by atoms with Crippen LogP contribution in [0.5, 0.6) is 0 Å². The van der Waals surface area contributed by atoms with Crippen LogP contribution in [-0.4, -0.2) is 29.9 Å². The molecule has 0 aliphatic carbocycles. The molecule has 0 aliphatic rings. The fourth-order valence-corrected chi connectivity index (χ4v) is 1.15. The Balaban J connectivity index is 0. The molecule has 0 atom stereocenters. The first-order valence-corrected chi connectivity index (χ1v) is 7.47. The number of carbonyl (C=O) groups excluding carboxylic acids is 1. The van der Waals surface area contributed by atoms with E-state index >= 15 is 0 Å². The van der Waals surface area contributed by atoms with Gasteiger partial charge in [-0.3, -0.25) is 0 Å². The molecule has 2 nitrogen and oxygen atoms in total. The van der Waals surface area contributed by atoms with Gasteiger partial charge in [-0.05, 0) is 6.42 Å². The molecule has 0 heterocycles. The molecular weight excluding hydrogens is 403 g/mol. The Morgan fingerprint density at radius 3 is 0.667 bits per heavy atom. The van der Waals surface area contributed by atoms with Gasteiger partial charge >= 0.3 is 0 Å². The van der Waals surface area contributed by atoms with Crippen molar-refractivity contribution in [3.63, 3.8) is 0 Å². The minimum Gasteiger partial charge on any atom is -0.550 e. The van der Waals surface area contributed by atoms with Gasteiger partial charge in [-0.25, -0.2) is 0 Å². The van der Waals surface area contributed by atoms with Gasteiger partial charge < -0.3 is 9.90 Å². The van der Waals surface area contributed by atoms with E-state index in [9.17, 15) is 9.90 Å². The van der Waals surface area contributed by atoms with Crippen LogP contribution in [0.2, 0.25) is 0 Å². The quantitative estimate of drug-likeness (QED) is 0.556. The van der Waals surface area contributed by atoms with Crippen LogP contribution in [0.3, 0.4) is 0 Å². The molecule has 0 aromatic heterocycles. The maximum absolute atomic E-state index is 9.26. The number of benzene rings is 3. The first kappa shape index (κ1) is 24.2. The molecule has 24 heavy (non-hydrogen) atoms. The Hall–Kier alpha value is -2.07. The predicted molar refractivity (Wildman–Crippen MR) is 100 cm³/mol. The molecule has 0 aliphatic heterocycles. The maximum atomic E-state index is 9.26. The largest absolute Gasteiger partial charge is 0.550 e. The Morgan fingerprint density at radius 1 is 0.542 bits per heavy atom. The van der Waals surface area contributed by atoms with E-state index in [1.807, 2.05) is 109 Å². The molecule has 4 radical (unpaired) electrons. The average Bonchev–Trinajstić information content (AvgIpc) is 2.67. The molecule has 0 N–H and O–H groups in total. The van der Waals surface area contributed by atoms with E-state index in [2.05, 4.69) is 0 Å². The number of hydrogen-bond donors (Lipinski definition) is 0. The summed E-state index contributed by atoms with van der Waals surface area (Å²) >= 11 is 0. The molecule has 0 saturated carbocycles. The Morgan fingerprint density at radius 2 is 0.625 bits per heavy atom. The van der Waals surface area contributed by atoms with E-state index in [1.54, 1.807) is 0 Å². The summed E-state index contributed by atoms with van der Waals surface area (Å²) in [6.07, 6.45) is 0.111. The summed E-state index contributed by atoms with van der Waals surface area (Å²) in [7, 11) is 0. The van der Waals surface area contributed by atoms with Crippen molar-refractivity contribution in [2.75, 3.05) is 0 Å². The van der Waals surface area contributed by atoms with Gasteiger partial charge in [0.25, 0.3) is 0 Å². The van der Waals surface area contributed by atoms with Crippen molar-refractivity contribution in [1.29, 1.82) is 0 Å². The van der Waals surface area contributed by atoms with Gasteiger partial charge in [-0.2, -0.15) is 0 Å². The number of carboxylic acid groups (broad SMARTS) is 1. The SMILES string of the molecule is CCC(=O)[O-].[Sn].c1ccccc1.c1ccccc1.c1ccccc1. The van der Waals surface area contributed by atoms with Crippen LogP contribution in [0.15, 0.2) is 109 Å². The summed E-state index contributed by atoms with van der Waals surface area (Å²) in [5, 5.41) is 9.26. The first-order valence-electron chi connectivity index (χ1n) is 7.47. The van der Waals surface area contributed by atoms with Gasteiger partial charge in [-0.1, -0.05) is 116 Å². The molecule has 0 fully saturated rings. The van der Waals surface area contributed by atoms with Gasteiger partial charge in [-0.15, -0.1) is 0 Å². The third kappa shape index (κ3) is 22.2. The number of aliphatic carboxylic acids is 1. The Labute approximate surface area is 162 Å². The standard InChI is InChI=1S/3C6H6.C3H6O2.Sn/c3*1-2-4-6-5-3-1;1-2-3(4)5;/h3*1-6H;2H2,1H3,(H,4,5);/p-1. The molecule has 0 spiro atoms. The van der Waals surface area contributed by atoms with Crippen LogP contribution < -0.4 is 5.11 Å². The van der Waals surface area contributed by atoms with E-state index < -0.39 is 5.97 Å². The molecule has 0 amide bonds. The summed E-state index contributed by atoms with van der Waals surface area (Å²) in [4.78, 5) is 9.26. The molecule has 0 saturated heterocycles. The summed E-state index contributed by atoms with van der Waals surface area (Å²) in [5.41, 5.74) is 0. The summed E-state index contributed by atoms with van der Waals surface area (Å²) in [6, 6.07) is 36.0. The summed E-state index contributed by atoms with van der Waals surface area (Å²) in [5.74, 6) is -0.995. The second-order valence-corrected chi connectivity index (χ2v) is 4.19. The van der Waals surface area contributed by atoms with E-state index in [0.717, 1.165) is 0 Å². The van der Waals surface area contributed by atoms with Crippen molar-refractivity contribution in [2.24, 2.45) is 0 Å². The summed E-state index contributed by atoms with van der Waals surface area (Å²) < 4.78 is 0. The van der Waals surface area contributed by atoms with E-state index in [1.165, 1.54) is 6.92 Å². The molecule has 3 heteroatoms. The van der Waals surface area contributed by atoms with Crippen LogP contribution in [0.1, 0.15) is 13.3 Å². The number of rotatable bonds is 1. The second-order valence-electron chi connectivity index (χ2n) is 4.19. The first-order chi connectivity index (χ1) is 11.3. The van der Waals surface area contributed by atoms with Gasteiger partial charge in [0.05, 0.1) is 0 Å². The van der Waals surface area contributed by atoms with Crippen molar-refractivity contribution < 1.29 is 9.90 Å². The van der Waals surface area contributed by atoms with Crippen molar-refractivity contribution >= 4 is 29.9 Å². The fourth-order valence-electron chi connectivity index (χ4n) is 1.15. The molecule has 0 unspecified atom stereocenters. The molecule has 3 aromatic rings. The van der Waals surface area contributed by atoms with Gasteiger partial charge in [0, 0.05) is 29.9 Å². The van der Waals surface area contributed by atoms with Crippen LogP contribution in [0, 0.1) is 0 Å². The smallest absolute Gasteiger partial charge is 0.0411 e. The molecule has 3 aromatic carbocycles. The van der Waals surface area contributed by atoms with E-state index in [0.29, 0.717) is 0 Å². The van der Waals surface area contributed by atoms with Crippen molar-refractivity contribution in [3.05, 3.63) is 109 Å². The molecule has 0 bridgehead atoms. The summed E-state index contributed by atoms with van der Waals surface area (Å²) in [6.45, 7) is 1.54. The van der Waals surface area contributed by atoms with Gasteiger partial charge in [0.1, 0.15) is 0 Å². The Bertz CT molecular complexity index is 402. The number of carboxylic acids is 1. The predicted octanol–water partition coefficient (Wildman–Crippen LogP) is 3.83. The molecular formula is C21H23O2Sn-. The zero-order chi connectivity index (χ0) is 17.0. The fraction of sp³-hybridized carbons (Fsp3) is 0.0952. The van der Waals surface area contributed by atoms with Crippen molar-refractivity contribution in [3.8, 4) is 0 Å². The number of hydrogen-bond acceptors (Lipinski definition) is 2. The van der Waals surface area contributed by atoms with Gasteiger partial charge in [0.2, 0.25) is 0 Å². The van der Waals surface area contributed by atoms with Crippen LogP contribution in [-0.2, 0) is 4.79 Å². The third-order valence-corrected chi connectivity index (χ3v) is 2.29. The van der Waals surface area contributed by atoms with Crippen molar-refractivity contribution in [1.82, 2.24) is 0 Å². The minimum atomic E-state index is -0.995. The zero-order valence-corrected chi connectivity index (χ0v) is 16.8. The number of carbonyl (C=O) groups is 1. The average molecular weight is 426 g/mol. The molecule has 124 valence electrons. The topological polar surface area (TPSA) is 40.1 Å². The van der Waals surface area contributed by atoms with Crippen molar-refractivity contribution in [2.45, 2.75) is 13.3 Å². The minimum absolute atomic E-state index is 0. The van der Waals surface area contributed by atoms with E-state index in [-0.39, 0.29) is 30.3 Å². The normalized spacial score (nSPS) is 7.54. The van der Waals surface area contributed by atoms with E-state index in [4.69, 9.17) is 0 Å².